The monoisotopic (exact) mass is 256 g/mol. The van der Waals surface area contributed by atoms with Gasteiger partial charge in [-0.3, -0.25) is 4.79 Å². The molecule has 0 fully saturated rings. The molecule has 84 valence electrons. The van der Waals surface area contributed by atoms with Crippen LogP contribution in [-0.2, 0) is 11.2 Å². The first-order chi connectivity index (χ1) is 7.81. The summed E-state index contributed by atoms with van der Waals surface area (Å²) in [6, 6.07) is 8.04. The van der Waals surface area contributed by atoms with Gasteiger partial charge in [-0.25, -0.2) is 0 Å². The van der Waals surface area contributed by atoms with Gasteiger partial charge in [-0.05, 0) is 24.5 Å². The normalized spacial score (nSPS) is 9.94. The number of carbonyl (C=O) groups is 1. The van der Waals surface area contributed by atoms with Crippen LogP contribution < -0.4 is 56.9 Å². The third-order valence-electron chi connectivity index (χ3n) is 2.64. The summed E-state index contributed by atoms with van der Waals surface area (Å²) < 4.78 is 0. The number of H-pyrrole nitrogens is 1. The van der Waals surface area contributed by atoms with Gasteiger partial charge in [0.1, 0.15) is 0 Å². The maximum atomic E-state index is 10.8. The largest absolute Gasteiger partial charge is 1.00 e. The molecule has 0 saturated heterocycles. The molecular weight excluding hydrogens is 243 g/mol. The molecule has 4 nitrogen and oxygen atoms in total. The zero-order chi connectivity index (χ0) is 11.4. The van der Waals surface area contributed by atoms with Crippen molar-refractivity contribution < 1.29 is 56.2 Å². The number of rotatable bonds is 4. The number of carbonyl (C=O) groups excluding carboxylic acids is 1. The van der Waals surface area contributed by atoms with Crippen molar-refractivity contribution in [2.75, 3.05) is 0 Å². The van der Waals surface area contributed by atoms with Crippen molar-refractivity contribution in [3.63, 3.8) is 0 Å². The number of para-hydroxylation sites is 1. The Morgan fingerprint density at radius 2 is 2.12 bits per heavy atom. The molecule has 0 atom stereocenters. The zero-order valence-corrected chi connectivity index (χ0v) is 12.9. The second-order valence-electron chi connectivity index (χ2n) is 3.74. The Kier molecular flexibility index (Phi) is 6.39. The predicted octanol–water partition coefficient (Wildman–Crippen LogP) is -0.891. The van der Waals surface area contributed by atoms with Crippen molar-refractivity contribution >= 4 is 16.8 Å². The number of aromatic nitrogens is 1. The van der Waals surface area contributed by atoms with Gasteiger partial charge in [-0.1, -0.05) is 18.2 Å². The Morgan fingerprint density at radius 1 is 1.35 bits per heavy atom. The predicted molar refractivity (Wildman–Crippen MR) is 62.7 cm³/mol. The first-order valence-corrected chi connectivity index (χ1v) is 5.27. The molecule has 0 saturated carbocycles. The molecule has 0 bridgehead atoms. The molecule has 0 spiro atoms. The Bertz CT molecular complexity index is 496. The van der Waals surface area contributed by atoms with Crippen LogP contribution in [0.25, 0.3) is 10.9 Å². The Balaban J connectivity index is 0.00000144. The number of hydrogen-bond donors (Lipinski definition) is 2. The molecule has 2 aromatic rings. The molecule has 0 radical (unpaired) electrons. The Morgan fingerprint density at radius 3 is 2.88 bits per heavy atom. The van der Waals surface area contributed by atoms with Gasteiger partial charge in [0.15, 0.2) is 0 Å². The summed E-state index contributed by atoms with van der Waals surface area (Å²) >= 11 is 0. The summed E-state index contributed by atoms with van der Waals surface area (Å²) in [6.07, 6.45) is 3.73. The van der Waals surface area contributed by atoms with E-state index < -0.39 is 5.91 Å². The van der Waals surface area contributed by atoms with E-state index in [0.29, 0.717) is 6.42 Å². The molecule has 5 heteroatoms. The summed E-state index contributed by atoms with van der Waals surface area (Å²) in [7, 11) is 0. The van der Waals surface area contributed by atoms with Gasteiger partial charge in [0.05, 0.1) is 0 Å². The number of hydrogen-bond acceptors (Lipinski definition) is 2. The third-order valence-corrected chi connectivity index (χ3v) is 2.64. The van der Waals surface area contributed by atoms with Gasteiger partial charge in [-0.15, -0.1) is 0 Å². The fourth-order valence-electron chi connectivity index (χ4n) is 1.83. The van der Waals surface area contributed by atoms with Gasteiger partial charge >= 0.3 is 51.4 Å². The van der Waals surface area contributed by atoms with Crippen LogP contribution in [0.15, 0.2) is 30.5 Å². The molecular formula is C12H13KN2O2. The van der Waals surface area contributed by atoms with Crippen molar-refractivity contribution in [3.8, 4) is 0 Å². The van der Waals surface area contributed by atoms with Gasteiger partial charge in [0.2, 0.25) is 5.91 Å². The molecule has 2 rings (SSSR count). The molecule has 0 unspecified atom stereocenters. The van der Waals surface area contributed by atoms with E-state index in [1.54, 1.807) is 0 Å². The van der Waals surface area contributed by atoms with Crippen molar-refractivity contribution in [2.24, 2.45) is 0 Å². The number of benzene rings is 1. The van der Waals surface area contributed by atoms with Crippen molar-refractivity contribution in [1.82, 2.24) is 10.5 Å². The summed E-state index contributed by atoms with van der Waals surface area (Å²) in [4.78, 5) is 14.0. The third kappa shape index (κ3) is 3.91. The first kappa shape index (κ1) is 14.9. The maximum Gasteiger partial charge on any atom is 1.00 e. The summed E-state index contributed by atoms with van der Waals surface area (Å²) in [5.74, 6) is -0.445. The molecule has 1 amide bonds. The van der Waals surface area contributed by atoms with E-state index in [9.17, 15) is 10.0 Å². The summed E-state index contributed by atoms with van der Waals surface area (Å²) in [5, 5.41) is 11.2. The van der Waals surface area contributed by atoms with Crippen LogP contribution in [0.1, 0.15) is 18.4 Å². The zero-order valence-electron chi connectivity index (χ0n) is 9.82. The molecule has 1 heterocycles. The van der Waals surface area contributed by atoms with E-state index in [1.165, 1.54) is 16.4 Å². The number of hydroxylamine groups is 1. The number of aryl methyl sites for hydroxylation is 1. The number of nitrogens with one attached hydrogen (secondary N) is 2. The van der Waals surface area contributed by atoms with Crippen molar-refractivity contribution in [1.29, 1.82) is 0 Å². The van der Waals surface area contributed by atoms with E-state index in [0.717, 1.165) is 11.9 Å². The topological polar surface area (TPSA) is 68.0 Å². The fourth-order valence-corrected chi connectivity index (χ4v) is 1.83. The average Bonchev–Trinajstić information content (AvgIpc) is 2.73. The van der Waals surface area contributed by atoms with E-state index in [2.05, 4.69) is 11.1 Å². The van der Waals surface area contributed by atoms with Gasteiger partial charge in [0, 0.05) is 23.5 Å². The molecule has 1 aromatic carbocycles. The maximum absolute atomic E-state index is 10.8. The van der Waals surface area contributed by atoms with E-state index in [4.69, 9.17) is 0 Å². The van der Waals surface area contributed by atoms with Gasteiger partial charge < -0.3 is 15.7 Å². The minimum absolute atomic E-state index is 0. The molecule has 0 aliphatic heterocycles. The summed E-state index contributed by atoms with van der Waals surface area (Å²) in [6.45, 7) is 0. The smallest absolute Gasteiger partial charge is 0.759 e. The second kappa shape index (κ2) is 7.30. The van der Waals surface area contributed by atoms with Crippen molar-refractivity contribution in [3.05, 3.63) is 41.2 Å². The van der Waals surface area contributed by atoms with Gasteiger partial charge in [0.25, 0.3) is 0 Å². The van der Waals surface area contributed by atoms with Crippen LogP contribution in [-0.4, -0.2) is 10.9 Å². The van der Waals surface area contributed by atoms with Crippen LogP contribution in [0, 0.1) is 5.21 Å². The van der Waals surface area contributed by atoms with Crippen LogP contribution >= 0.6 is 0 Å². The van der Waals surface area contributed by atoms with Crippen LogP contribution in [0.4, 0.5) is 0 Å². The van der Waals surface area contributed by atoms with E-state index in [-0.39, 0.29) is 57.8 Å². The molecule has 17 heavy (non-hydrogen) atoms. The van der Waals surface area contributed by atoms with Crippen LogP contribution in [0.2, 0.25) is 0 Å². The molecule has 0 aliphatic carbocycles. The Labute approximate surface area is 142 Å². The second-order valence-corrected chi connectivity index (χ2v) is 3.74. The fraction of sp³-hybridized carbons (Fsp3) is 0.250. The average molecular weight is 256 g/mol. The van der Waals surface area contributed by atoms with Crippen LogP contribution in [0.5, 0.6) is 0 Å². The minimum atomic E-state index is -0.445. The molecule has 0 aliphatic rings. The van der Waals surface area contributed by atoms with Crippen LogP contribution in [0.3, 0.4) is 0 Å². The Hall–Kier alpha value is -0.174. The number of fused-ring (bicyclic) bond motifs is 1. The standard InChI is InChI=1S/C12H13N2O2.K/c15-12(14-16)7-3-4-9-8-13-11-6-2-1-5-10(9)11;/h1-2,5-6,8,13H,3-4,7H2,(H-,14,15,16);/q-1;+1. The van der Waals surface area contributed by atoms with E-state index in [1.807, 2.05) is 24.4 Å². The number of aromatic amines is 1. The van der Waals surface area contributed by atoms with E-state index >= 15 is 0 Å². The molecule has 1 aromatic heterocycles. The quantitative estimate of drug-likeness (QED) is 0.550. The first-order valence-electron chi connectivity index (χ1n) is 5.27. The number of amides is 1. The minimum Gasteiger partial charge on any atom is -0.759 e. The summed E-state index contributed by atoms with van der Waals surface area (Å²) in [5.41, 5.74) is 3.68. The van der Waals surface area contributed by atoms with Gasteiger partial charge in [-0.2, -0.15) is 0 Å². The van der Waals surface area contributed by atoms with Crippen molar-refractivity contribution in [2.45, 2.75) is 19.3 Å². The molecule has 2 N–H and O–H groups in total. The SMILES string of the molecule is O=C(CCCc1c[nH]c2ccccc12)N[O-].[K+].